The van der Waals surface area contributed by atoms with E-state index >= 15 is 0 Å². The van der Waals surface area contributed by atoms with Crippen molar-refractivity contribution in [2.75, 3.05) is 13.1 Å². The molecule has 3 N–H and O–H groups in total. The van der Waals surface area contributed by atoms with E-state index in [-0.39, 0.29) is 5.91 Å². The Kier molecular flexibility index (Phi) is 3.73. The second-order valence-electron chi connectivity index (χ2n) is 3.46. The Morgan fingerprint density at radius 2 is 2.31 bits per heavy atom. The van der Waals surface area contributed by atoms with Gasteiger partial charge in [-0.2, -0.15) is 0 Å². The molecule has 1 saturated heterocycles. The number of amides is 1. The molecule has 13 heavy (non-hydrogen) atoms. The zero-order valence-electron chi connectivity index (χ0n) is 7.88. The average Bonchev–Trinajstić information content (AvgIpc) is 2.45. The monoisotopic (exact) mass is 183 g/mol. The zero-order chi connectivity index (χ0) is 9.68. The van der Waals surface area contributed by atoms with Crippen LogP contribution in [0.2, 0.25) is 0 Å². The van der Waals surface area contributed by atoms with E-state index in [9.17, 15) is 4.79 Å². The van der Waals surface area contributed by atoms with Crippen LogP contribution in [0.25, 0.3) is 0 Å². The third-order valence-electron chi connectivity index (χ3n) is 2.32. The maximum atomic E-state index is 10.4. The van der Waals surface area contributed by atoms with Crippen LogP contribution in [0.3, 0.4) is 0 Å². The lowest BCUT2D eigenvalue weighted by atomic mass is 10.2. The maximum absolute atomic E-state index is 10.4. The van der Waals surface area contributed by atoms with Gasteiger partial charge in [0.15, 0.2) is 0 Å². The molecule has 74 valence electrons. The van der Waals surface area contributed by atoms with Gasteiger partial charge >= 0.3 is 0 Å². The minimum absolute atomic E-state index is 0.225. The number of nitrogens with zero attached hydrogens (tertiary/aromatic N) is 1. The zero-order valence-corrected chi connectivity index (χ0v) is 7.88. The molecule has 0 bridgehead atoms. The first-order valence-corrected chi connectivity index (χ1v) is 4.81. The fourth-order valence-corrected chi connectivity index (χ4v) is 1.58. The van der Waals surface area contributed by atoms with Gasteiger partial charge in [-0.15, -0.1) is 0 Å². The van der Waals surface area contributed by atoms with Crippen LogP contribution in [0, 0.1) is 5.41 Å². The van der Waals surface area contributed by atoms with E-state index < -0.39 is 0 Å². The molecular formula is C9H17N3O. The molecule has 4 nitrogen and oxygen atoms in total. The number of carbonyl (C=O) groups is 1. The smallest absolute Gasteiger partial charge is 0.217 e. The van der Waals surface area contributed by atoms with Crippen LogP contribution in [0.1, 0.15) is 32.1 Å². The summed E-state index contributed by atoms with van der Waals surface area (Å²) < 4.78 is 0. The summed E-state index contributed by atoms with van der Waals surface area (Å²) in [4.78, 5) is 12.5. The van der Waals surface area contributed by atoms with Crippen LogP contribution >= 0.6 is 0 Å². The van der Waals surface area contributed by atoms with Crippen molar-refractivity contribution in [1.82, 2.24) is 4.90 Å². The van der Waals surface area contributed by atoms with E-state index in [2.05, 4.69) is 4.90 Å². The predicted octanol–water partition coefficient (Wildman–Crippen LogP) is 0.715. The number of rotatable bonds is 5. The number of carbonyl (C=O) groups excluding carboxylic acids is 1. The highest BCUT2D eigenvalue weighted by atomic mass is 16.1. The van der Waals surface area contributed by atoms with Gasteiger partial charge in [-0.05, 0) is 19.3 Å². The van der Waals surface area contributed by atoms with E-state index in [4.69, 9.17) is 11.1 Å². The van der Waals surface area contributed by atoms with Crippen molar-refractivity contribution in [1.29, 1.82) is 5.41 Å². The molecule has 0 unspecified atom stereocenters. The van der Waals surface area contributed by atoms with Crippen LogP contribution in [-0.2, 0) is 4.79 Å². The molecule has 4 heteroatoms. The van der Waals surface area contributed by atoms with Crippen LogP contribution in [-0.4, -0.2) is 29.7 Å². The summed E-state index contributed by atoms with van der Waals surface area (Å²) in [5, 5.41) is 7.56. The second kappa shape index (κ2) is 4.84. The molecule has 0 saturated carbocycles. The van der Waals surface area contributed by atoms with Gasteiger partial charge in [0.2, 0.25) is 5.91 Å². The molecule has 0 aromatic rings. The topological polar surface area (TPSA) is 70.2 Å². The number of primary amides is 1. The lowest BCUT2D eigenvalue weighted by Crippen LogP contribution is -2.25. The molecule has 0 aromatic heterocycles. The fourth-order valence-electron chi connectivity index (χ4n) is 1.58. The highest BCUT2D eigenvalue weighted by Crippen LogP contribution is 2.10. The van der Waals surface area contributed by atoms with Crippen molar-refractivity contribution in [3.8, 4) is 0 Å². The van der Waals surface area contributed by atoms with Gasteiger partial charge in [0, 0.05) is 25.9 Å². The van der Waals surface area contributed by atoms with Crippen molar-refractivity contribution < 1.29 is 4.79 Å². The van der Waals surface area contributed by atoms with E-state index in [0.29, 0.717) is 6.42 Å². The van der Waals surface area contributed by atoms with Gasteiger partial charge in [0.05, 0.1) is 5.84 Å². The third-order valence-corrected chi connectivity index (χ3v) is 2.32. The first-order valence-electron chi connectivity index (χ1n) is 4.81. The summed E-state index contributed by atoms with van der Waals surface area (Å²) in [5.74, 6) is 0.524. The minimum atomic E-state index is -0.225. The first kappa shape index (κ1) is 10.0. The minimum Gasteiger partial charge on any atom is -0.370 e. The van der Waals surface area contributed by atoms with Crippen LogP contribution in [0.4, 0.5) is 0 Å². The van der Waals surface area contributed by atoms with Gasteiger partial charge in [-0.25, -0.2) is 0 Å². The number of hydrogen-bond acceptors (Lipinski definition) is 2. The van der Waals surface area contributed by atoms with Crippen molar-refractivity contribution in [3.63, 3.8) is 0 Å². The van der Waals surface area contributed by atoms with Crippen molar-refractivity contribution in [2.24, 2.45) is 5.73 Å². The molecule has 0 spiro atoms. The van der Waals surface area contributed by atoms with Gasteiger partial charge < -0.3 is 10.6 Å². The number of hydrogen-bond donors (Lipinski definition) is 2. The normalized spacial score (nSPS) is 16.6. The molecule has 1 fully saturated rings. The molecular weight excluding hydrogens is 166 g/mol. The summed E-state index contributed by atoms with van der Waals surface area (Å²) in [7, 11) is 0. The van der Waals surface area contributed by atoms with Crippen LogP contribution in [0.5, 0.6) is 0 Å². The highest BCUT2D eigenvalue weighted by Gasteiger charge is 2.15. The summed E-state index contributed by atoms with van der Waals surface area (Å²) >= 11 is 0. The fraction of sp³-hybridized carbons (Fsp3) is 0.778. The summed E-state index contributed by atoms with van der Waals surface area (Å²) in [6.07, 6.45) is 4.30. The van der Waals surface area contributed by atoms with Crippen molar-refractivity contribution in [3.05, 3.63) is 0 Å². The molecule has 0 aliphatic carbocycles. The molecule has 0 radical (unpaired) electrons. The molecule has 1 heterocycles. The third kappa shape index (κ3) is 3.44. The van der Waals surface area contributed by atoms with Gasteiger partial charge in [-0.3, -0.25) is 10.2 Å². The molecule has 1 aliphatic heterocycles. The standard InChI is InChI=1S/C9H17N3O/c10-8-4-3-7-12(8)6-2-1-5-9(11)13/h10H,1-7H2,(H2,11,13). The molecule has 0 atom stereocenters. The lowest BCUT2D eigenvalue weighted by molar-refractivity contribution is -0.118. The number of nitrogens with one attached hydrogen (secondary N) is 1. The number of nitrogens with two attached hydrogens (primary N) is 1. The van der Waals surface area contributed by atoms with E-state index in [1.165, 1.54) is 0 Å². The Morgan fingerprint density at radius 1 is 1.54 bits per heavy atom. The summed E-state index contributed by atoms with van der Waals surface area (Å²) in [5.41, 5.74) is 5.02. The number of likely N-dealkylation sites (tertiary alicyclic amines) is 1. The Balaban J connectivity index is 2.05. The van der Waals surface area contributed by atoms with Crippen molar-refractivity contribution in [2.45, 2.75) is 32.1 Å². The Morgan fingerprint density at radius 3 is 2.85 bits per heavy atom. The molecule has 1 rings (SSSR count). The molecule has 0 aromatic carbocycles. The summed E-state index contributed by atoms with van der Waals surface area (Å²) in [6, 6.07) is 0. The number of amidine groups is 1. The highest BCUT2D eigenvalue weighted by molar-refractivity contribution is 5.80. The first-order chi connectivity index (χ1) is 6.20. The van der Waals surface area contributed by atoms with Gasteiger partial charge in [-0.1, -0.05) is 0 Å². The van der Waals surface area contributed by atoms with E-state index in [1.54, 1.807) is 0 Å². The van der Waals surface area contributed by atoms with Crippen LogP contribution in [0.15, 0.2) is 0 Å². The Labute approximate surface area is 78.6 Å². The summed E-state index contributed by atoms with van der Waals surface area (Å²) in [6.45, 7) is 1.92. The Bertz CT molecular complexity index is 203. The van der Waals surface area contributed by atoms with E-state index in [0.717, 1.165) is 44.6 Å². The predicted molar refractivity (Wildman–Crippen MR) is 51.6 cm³/mol. The molecule has 1 aliphatic rings. The lowest BCUT2D eigenvalue weighted by Gasteiger charge is -2.16. The van der Waals surface area contributed by atoms with Gasteiger partial charge in [0.25, 0.3) is 0 Å². The number of unbranched alkanes of at least 4 members (excludes halogenated alkanes) is 1. The SMILES string of the molecule is N=C1CCCN1CCCCC(N)=O. The average molecular weight is 183 g/mol. The van der Waals surface area contributed by atoms with Crippen molar-refractivity contribution >= 4 is 11.7 Å². The van der Waals surface area contributed by atoms with Gasteiger partial charge in [0.1, 0.15) is 0 Å². The second-order valence-corrected chi connectivity index (χ2v) is 3.46. The largest absolute Gasteiger partial charge is 0.370 e. The quantitative estimate of drug-likeness (QED) is 0.616. The maximum Gasteiger partial charge on any atom is 0.217 e. The van der Waals surface area contributed by atoms with E-state index in [1.807, 2.05) is 0 Å². The Hall–Kier alpha value is -1.06. The van der Waals surface area contributed by atoms with Crippen LogP contribution < -0.4 is 5.73 Å². The molecule has 1 amide bonds.